The molecule has 1 aromatic heterocycles. The van der Waals surface area contributed by atoms with Crippen LogP contribution in [0, 0.1) is 0 Å². The van der Waals surface area contributed by atoms with Gasteiger partial charge in [0.15, 0.2) is 0 Å². The SMILES string of the molecule is CC[n+]1c(-c2ccccc2)c2cc(N(C)C)ccc2c2ccc(N(C)C)cc21. The van der Waals surface area contributed by atoms with Gasteiger partial charge in [-0.25, -0.2) is 0 Å². The molecule has 3 aromatic carbocycles. The van der Waals surface area contributed by atoms with Crippen LogP contribution in [0.25, 0.3) is 32.9 Å². The smallest absolute Gasteiger partial charge is 0.220 e. The highest BCUT2D eigenvalue weighted by molar-refractivity contribution is 6.10. The van der Waals surface area contributed by atoms with Gasteiger partial charge in [-0.3, -0.25) is 0 Å². The van der Waals surface area contributed by atoms with Crippen LogP contribution in [-0.2, 0) is 6.54 Å². The van der Waals surface area contributed by atoms with Crippen molar-refractivity contribution in [3.8, 4) is 11.3 Å². The highest BCUT2D eigenvalue weighted by atomic mass is 15.1. The van der Waals surface area contributed by atoms with E-state index in [9.17, 15) is 0 Å². The average Bonchev–Trinajstić information content (AvgIpc) is 2.72. The summed E-state index contributed by atoms with van der Waals surface area (Å²) < 4.78 is 2.46. The van der Waals surface area contributed by atoms with Gasteiger partial charge in [0.05, 0.1) is 10.8 Å². The summed E-state index contributed by atoms with van der Waals surface area (Å²) in [5.41, 5.74) is 6.25. The van der Waals surface area contributed by atoms with E-state index in [0.717, 1.165) is 6.54 Å². The second kappa shape index (κ2) is 7.16. The fraction of sp³-hybridized carbons (Fsp3) is 0.240. The van der Waals surface area contributed by atoms with Gasteiger partial charge in [-0.2, -0.15) is 4.57 Å². The predicted molar refractivity (Wildman–Crippen MR) is 121 cm³/mol. The zero-order chi connectivity index (χ0) is 19.8. The lowest BCUT2D eigenvalue weighted by molar-refractivity contribution is -0.655. The molecule has 142 valence electrons. The summed E-state index contributed by atoms with van der Waals surface area (Å²) in [5, 5.41) is 3.89. The summed E-state index contributed by atoms with van der Waals surface area (Å²) in [6, 6.07) is 24.4. The Morgan fingerprint density at radius 2 is 1.29 bits per heavy atom. The summed E-state index contributed by atoms with van der Waals surface area (Å²) in [6.45, 7) is 3.15. The molecule has 28 heavy (non-hydrogen) atoms. The van der Waals surface area contributed by atoms with Crippen LogP contribution >= 0.6 is 0 Å². The summed E-state index contributed by atoms with van der Waals surface area (Å²) in [6.07, 6.45) is 0. The number of hydrogen-bond donors (Lipinski definition) is 0. The van der Waals surface area contributed by atoms with Crippen LogP contribution in [-0.4, -0.2) is 28.2 Å². The van der Waals surface area contributed by atoms with Crippen molar-refractivity contribution < 1.29 is 4.57 Å². The zero-order valence-corrected chi connectivity index (χ0v) is 17.4. The van der Waals surface area contributed by atoms with E-state index in [-0.39, 0.29) is 0 Å². The van der Waals surface area contributed by atoms with Crippen LogP contribution < -0.4 is 14.4 Å². The molecular weight excluding hydrogens is 342 g/mol. The monoisotopic (exact) mass is 370 g/mol. The van der Waals surface area contributed by atoms with Gasteiger partial charge in [-0.15, -0.1) is 0 Å². The van der Waals surface area contributed by atoms with Crippen LogP contribution in [0.5, 0.6) is 0 Å². The van der Waals surface area contributed by atoms with Crippen LogP contribution in [0.1, 0.15) is 6.92 Å². The van der Waals surface area contributed by atoms with Crippen LogP contribution in [0.3, 0.4) is 0 Å². The molecule has 0 aliphatic heterocycles. The zero-order valence-electron chi connectivity index (χ0n) is 17.4. The average molecular weight is 371 g/mol. The van der Waals surface area contributed by atoms with Gasteiger partial charge in [0.1, 0.15) is 6.54 Å². The van der Waals surface area contributed by atoms with Gasteiger partial charge in [-0.1, -0.05) is 24.3 Å². The minimum Gasteiger partial charge on any atom is -0.378 e. The molecule has 0 amide bonds. The van der Waals surface area contributed by atoms with Gasteiger partial charge >= 0.3 is 0 Å². The Kier molecular flexibility index (Phi) is 4.68. The molecule has 4 aromatic rings. The molecule has 1 heterocycles. The van der Waals surface area contributed by atoms with Gasteiger partial charge in [-0.05, 0) is 43.3 Å². The fourth-order valence-electron chi connectivity index (χ4n) is 3.99. The molecule has 0 radical (unpaired) electrons. The lowest BCUT2D eigenvalue weighted by Gasteiger charge is -2.17. The van der Waals surface area contributed by atoms with Crippen LogP contribution in [0.15, 0.2) is 66.7 Å². The minimum atomic E-state index is 0.916. The minimum absolute atomic E-state index is 0.916. The summed E-state index contributed by atoms with van der Waals surface area (Å²) in [7, 11) is 8.39. The molecule has 0 atom stereocenters. The Morgan fingerprint density at radius 3 is 1.89 bits per heavy atom. The number of fused-ring (bicyclic) bond motifs is 3. The number of anilines is 2. The summed E-state index contributed by atoms with van der Waals surface area (Å²) in [4.78, 5) is 4.34. The number of aryl methyl sites for hydroxylation is 1. The molecule has 0 saturated heterocycles. The molecule has 0 aliphatic rings. The second-order valence-corrected chi connectivity index (χ2v) is 7.68. The van der Waals surface area contributed by atoms with Crippen molar-refractivity contribution >= 4 is 33.1 Å². The third-order valence-corrected chi connectivity index (χ3v) is 5.49. The standard InChI is InChI=1S/C25H28N3/c1-6-28-24-17-20(27(4)5)13-15-22(24)21-14-12-19(26(2)3)16-23(21)25(28)18-10-8-7-9-11-18/h7-17H,6H2,1-5H3/q+1. The Balaban J connectivity index is 2.20. The molecule has 0 saturated carbocycles. The van der Waals surface area contributed by atoms with E-state index >= 15 is 0 Å². The molecular formula is C25H28N3+. The Bertz CT molecular complexity index is 1140. The van der Waals surface area contributed by atoms with Crippen molar-refractivity contribution in [2.75, 3.05) is 38.0 Å². The maximum absolute atomic E-state index is 2.46. The number of nitrogens with zero attached hydrogens (tertiary/aromatic N) is 3. The first kappa shape index (κ1) is 18.3. The van der Waals surface area contributed by atoms with E-state index < -0.39 is 0 Å². The van der Waals surface area contributed by atoms with E-state index in [0.29, 0.717) is 0 Å². The first-order valence-corrected chi connectivity index (χ1v) is 9.84. The number of rotatable bonds is 4. The molecule has 0 aliphatic carbocycles. The molecule has 4 rings (SSSR count). The number of aromatic nitrogens is 1. The Labute approximate surface area is 167 Å². The van der Waals surface area contributed by atoms with Crippen molar-refractivity contribution in [2.45, 2.75) is 13.5 Å². The van der Waals surface area contributed by atoms with Crippen molar-refractivity contribution in [1.29, 1.82) is 0 Å². The molecule has 0 N–H and O–H groups in total. The highest BCUT2D eigenvalue weighted by Gasteiger charge is 2.23. The number of pyridine rings is 1. The number of benzene rings is 3. The van der Waals surface area contributed by atoms with Crippen molar-refractivity contribution in [3.05, 3.63) is 66.7 Å². The van der Waals surface area contributed by atoms with Crippen LogP contribution in [0.4, 0.5) is 11.4 Å². The van der Waals surface area contributed by atoms with Crippen molar-refractivity contribution in [1.82, 2.24) is 0 Å². The highest BCUT2D eigenvalue weighted by Crippen LogP contribution is 2.34. The molecule has 0 fully saturated rings. The van der Waals surface area contributed by atoms with Gasteiger partial charge in [0.25, 0.3) is 0 Å². The van der Waals surface area contributed by atoms with E-state index in [1.807, 2.05) is 0 Å². The van der Waals surface area contributed by atoms with Gasteiger partial charge in [0.2, 0.25) is 11.2 Å². The van der Waals surface area contributed by atoms with Crippen molar-refractivity contribution in [3.63, 3.8) is 0 Å². The third-order valence-electron chi connectivity index (χ3n) is 5.49. The van der Waals surface area contributed by atoms with E-state index in [1.54, 1.807) is 0 Å². The van der Waals surface area contributed by atoms with Gasteiger partial charge in [0, 0.05) is 56.6 Å². The van der Waals surface area contributed by atoms with Crippen LogP contribution in [0.2, 0.25) is 0 Å². The lowest BCUT2D eigenvalue weighted by Crippen LogP contribution is -2.36. The molecule has 0 unspecified atom stereocenters. The van der Waals surface area contributed by atoms with E-state index in [1.165, 1.54) is 44.3 Å². The molecule has 0 spiro atoms. The molecule has 3 heteroatoms. The van der Waals surface area contributed by atoms with E-state index in [4.69, 9.17) is 0 Å². The predicted octanol–water partition coefficient (Wildman–Crippen LogP) is 5.10. The maximum atomic E-state index is 2.46. The van der Waals surface area contributed by atoms with Crippen molar-refractivity contribution in [2.24, 2.45) is 0 Å². The second-order valence-electron chi connectivity index (χ2n) is 7.68. The topological polar surface area (TPSA) is 10.4 Å². The van der Waals surface area contributed by atoms with Gasteiger partial charge < -0.3 is 9.80 Å². The number of hydrogen-bond acceptors (Lipinski definition) is 2. The Hall–Kier alpha value is -3.07. The largest absolute Gasteiger partial charge is 0.378 e. The third kappa shape index (κ3) is 2.97. The fourth-order valence-corrected chi connectivity index (χ4v) is 3.99. The summed E-state index contributed by atoms with van der Waals surface area (Å²) >= 11 is 0. The molecule has 3 nitrogen and oxygen atoms in total. The Morgan fingerprint density at radius 1 is 0.679 bits per heavy atom. The first-order chi connectivity index (χ1) is 13.5. The normalized spacial score (nSPS) is 11.2. The quantitative estimate of drug-likeness (QED) is 0.365. The lowest BCUT2D eigenvalue weighted by atomic mass is 9.98. The van der Waals surface area contributed by atoms with E-state index in [2.05, 4.69) is 116 Å². The first-order valence-electron chi connectivity index (χ1n) is 9.84. The molecule has 0 bridgehead atoms. The maximum Gasteiger partial charge on any atom is 0.220 e. The summed E-state index contributed by atoms with van der Waals surface area (Å²) in [5.74, 6) is 0.